The summed E-state index contributed by atoms with van der Waals surface area (Å²) in [6.45, 7) is 6.53. The molecule has 2 heterocycles. The topological polar surface area (TPSA) is 45.2 Å². The third-order valence-corrected chi connectivity index (χ3v) is 3.24. The zero-order valence-corrected chi connectivity index (χ0v) is 10.4. The molecule has 1 amide bonds. The van der Waals surface area contributed by atoms with Crippen LogP contribution in [0, 0.1) is 0 Å². The molecule has 1 aliphatic heterocycles. The van der Waals surface area contributed by atoms with Gasteiger partial charge in [-0.05, 0) is 25.5 Å². The van der Waals surface area contributed by atoms with Gasteiger partial charge in [0, 0.05) is 38.1 Å². The van der Waals surface area contributed by atoms with Gasteiger partial charge in [-0.15, -0.1) is 0 Å². The van der Waals surface area contributed by atoms with Crippen molar-refractivity contribution in [1.82, 2.24) is 15.2 Å². The average molecular weight is 233 g/mol. The minimum absolute atomic E-state index is 0.103. The van der Waals surface area contributed by atoms with Crippen molar-refractivity contribution in [2.75, 3.05) is 19.6 Å². The molecule has 1 aromatic heterocycles. The van der Waals surface area contributed by atoms with Crippen LogP contribution in [-0.2, 0) is 4.79 Å². The Bertz CT molecular complexity index is 380. The van der Waals surface area contributed by atoms with Gasteiger partial charge in [-0.3, -0.25) is 9.78 Å². The summed E-state index contributed by atoms with van der Waals surface area (Å²) in [5.74, 6) is 0.0975. The van der Waals surface area contributed by atoms with E-state index >= 15 is 0 Å². The molecule has 92 valence electrons. The zero-order chi connectivity index (χ0) is 12.3. The largest absolute Gasteiger partial charge is 0.339 e. The summed E-state index contributed by atoms with van der Waals surface area (Å²) in [6, 6.07) is 4.22. The van der Waals surface area contributed by atoms with Gasteiger partial charge >= 0.3 is 0 Å². The molecule has 0 saturated carbocycles. The average Bonchev–Trinajstić information content (AvgIpc) is 2.38. The van der Waals surface area contributed by atoms with E-state index in [2.05, 4.69) is 17.2 Å². The Morgan fingerprint density at radius 3 is 3.12 bits per heavy atom. The molecular weight excluding hydrogens is 214 g/mol. The summed E-state index contributed by atoms with van der Waals surface area (Å²) in [7, 11) is 0. The van der Waals surface area contributed by atoms with Crippen molar-refractivity contribution in [3.05, 3.63) is 30.1 Å². The van der Waals surface area contributed by atoms with Gasteiger partial charge in [0.05, 0.1) is 5.92 Å². The Kier molecular flexibility index (Phi) is 3.74. The standard InChI is InChI=1S/C13H19N3O/c1-10-9-16(7-6-15-10)13(17)11(2)12-4-3-5-14-8-12/h3-5,8,10-11,15H,6-7,9H2,1-2H3/t10-,11-/m1/s1. The maximum Gasteiger partial charge on any atom is 0.229 e. The Labute approximate surface area is 102 Å². The number of nitrogens with one attached hydrogen (secondary N) is 1. The smallest absolute Gasteiger partial charge is 0.229 e. The maximum atomic E-state index is 12.3. The summed E-state index contributed by atoms with van der Waals surface area (Å²) >= 11 is 0. The molecule has 0 radical (unpaired) electrons. The first-order valence-corrected chi connectivity index (χ1v) is 6.10. The number of hydrogen-bond acceptors (Lipinski definition) is 3. The van der Waals surface area contributed by atoms with Crippen LogP contribution in [0.25, 0.3) is 0 Å². The highest BCUT2D eigenvalue weighted by Gasteiger charge is 2.25. The van der Waals surface area contributed by atoms with Crippen LogP contribution >= 0.6 is 0 Å². The van der Waals surface area contributed by atoms with E-state index in [1.54, 1.807) is 12.4 Å². The fourth-order valence-electron chi connectivity index (χ4n) is 2.18. The molecule has 4 heteroatoms. The van der Waals surface area contributed by atoms with Gasteiger partial charge in [0.15, 0.2) is 0 Å². The number of carbonyl (C=O) groups is 1. The molecule has 0 spiro atoms. The van der Waals surface area contributed by atoms with Crippen LogP contribution in [0.15, 0.2) is 24.5 Å². The number of rotatable bonds is 2. The third-order valence-electron chi connectivity index (χ3n) is 3.24. The number of amides is 1. The van der Waals surface area contributed by atoms with Gasteiger partial charge in [-0.1, -0.05) is 6.07 Å². The lowest BCUT2D eigenvalue weighted by Crippen LogP contribution is -2.52. The van der Waals surface area contributed by atoms with E-state index in [0.717, 1.165) is 25.2 Å². The van der Waals surface area contributed by atoms with E-state index in [0.29, 0.717) is 6.04 Å². The second kappa shape index (κ2) is 5.27. The number of carbonyl (C=O) groups excluding carboxylic acids is 1. The highest BCUT2D eigenvalue weighted by Crippen LogP contribution is 2.17. The fourth-order valence-corrected chi connectivity index (χ4v) is 2.18. The molecule has 0 unspecified atom stereocenters. The van der Waals surface area contributed by atoms with Crippen molar-refractivity contribution >= 4 is 5.91 Å². The molecule has 0 aliphatic carbocycles. The minimum atomic E-state index is -0.103. The minimum Gasteiger partial charge on any atom is -0.339 e. The summed E-state index contributed by atoms with van der Waals surface area (Å²) in [6.07, 6.45) is 3.50. The molecule has 2 rings (SSSR count). The number of piperazine rings is 1. The van der Waals surface area contributed by atoms with Crippen molar-refractivity contribution in [3.8, 4) is 0 Å². The Morgan fingerprint density at radius 2 is 2.47 bits per heavy atom. The van der Waals surface area contributed by atoms with Gasteiger partial charge in [0.25, 0.3) is 0 Å². The van der Waals surface area contributed by atoms with E-state index in [4.69, 9.17) is 0 Å². The Hall–Kier alpha value is -1.42. The quantitative estimate of drug-likeness (QED) is 0.829. The van der Waals surface area contributed by atoms with E-state index in [-0.39, 0.29) is 11.8 Å². The fraction of sp³-hybridized carbons (Fsp3) is 0.538. The van der Waals surface area contributed by atoms with Crippen molar-refractivity contribution in [2.45, 2.75) is 25.8 Å². The maximum absolute atomic E-state index is 12.3. The number of hydrogen-bond donors (Lipinski definition) is 1. The molecule has 1 aliphatic rings. The first-order chi connectivity index (χ1) is 8.18. The first kappa shape index (κ1) is 12.0. The lowest BCUT2D eigenvalue weighted by atomic mass is 10.0. The van der Waals surface area contributed by atoms with E-state index in [1.165, 1.54) is 0 Å². The number of nitrogens with zero attached hydrogens (tertiary/aromatic N) is 2. The van der Waals surface area contributed by atoms with Gasteiger partial charge in [0.2, 0.25) is 5.91 Å². The van der Waals surface area contributed by atoms with E-state index in [1.807, 2.05) is 24.0 Å². The van der Waals surface area contributed by atoms with Gasteiger partial charge < -0.3 is 10.2 Å². The third kappa shape index (κ3) is 2.82. The normalized spacial score (nSPS) is 22.2. The van der Waals surface area contributed by atoms with Crippen molar-refractivity contribution in [3.63, 3.8) is 0 Å². The summed E-state index contributed by atoms with van der Waals surface area (Å²) < 4.78 is 0. The van der Waals surface area contributed by atoms with Crippen LogP contribution in [0.3, 0.4) is 0 Å². The molecule has 0 bridgehead atoms. The van der Waals surface area contributed by atoms with Crippen LogP contribution in [0.1, 0.15) is 25.3 Å². The van der Waals surface area contributed by atoms with Crippen molar-refractivity contribution in [1.29, 1.82) is 0 Å². The highest BCUT2D eigenvalue weighted by atomic mass is 16.2. The number of pyridine rings is 1. The highest BCUT2D eigenvalue weighted by molar-refractivity contribution is 5.83. The summed E-state index contributed by atoms with van der Waals surface area (Å²) in [5, 5.41) is 3.34. The molecule has 2 atom stereocenters. The van der Waals surface area contributed by atoms with Gasteiger partial charge in [-0.2, -0.15) is 0 Å². The Morgan fingerprint density at radius 1 is 1.65 bits per heavy atom. The molecule has 1 N–H and O–H groups in total. The molecule has 4 nitrogen and oxygen atoms in total. The SMILES string of the molecule is C[C@@H]1CN(C(=O)[C@H](C)c2cccnc2)CCN1. The molecule has 1 aromatic rings. The first-order valence-electron chi connectivity index (χ1n) is 6.10. The van der Waals surface area contributed by atoms with Crippen LogP contribution in [0.4, 0.5) is 0 Å². The second-order valence-corrected chi connectivity index (χ2v) is 4.65. The van der Waals surface area contributed by atoms with Crippen LogP contribution in [-0.4, -0.2) is 41.5 Å². The van der Waals surface area contributed by atoms with Crippen LogP contribution < -0.4 is 5.32 Å². The lowest BCUT2D eigenvalue weighted by Gasteiger charge is -2.33. The van der Waals surface area contributed by atoms with Crippen LogP contribution in [0.5, 0.6) is 0 Å². The van der Waals surface area contributed by atoms with Crippen molar-refractivity contribution < 1.29 is 4.79 Å². The second-order valence-electron chi connectivity index (χ2n) is 4.65. The molecule has 1 saturated heterocycles. The Balaban J connectivity index is 2.04. The molecule has 1 fully saturated rings. The van der Waals surface area contributed by atoms with Gasteiger partial charge in [-0.25, -0.2) is 0 Å². The van der Waals surface area contributed by atoms with E-state index < -0.39 is 0 Å². The van der Waals surface area contributed by atoms with Crippen molar-refractivity contribution in [2.24, 2.45) is 0 Å². The van der Waals surface area contributed by atoms with Crippen LogP contribution in [0.2, 0.25) is 0 Å². The molecule has 17 heavy (non-hydrogen) atoms. The van der Waals surface area contributed by atoms with Gasteiger partial charge in [0.1, 0.15) is 0 Å². The lowest BCUT2D eigenvalue weighted by molar-refractivity contribution is -0.133. The monoisotopic (exact) mass is 233 g/mol. The predicted octanol–water partition coefficient (Wildman–Crippen LogP) is 1.01. The summed E-state index contributed by atoms with van der Waals surface area (Å²) in [4.78, 5) is 18.3. The number of aromatic nitrogens is 1. The molecule has 0 aromatic carbocycles. The zero-order valence-electron chi connectivity index (χ0n) is 10.4. The summed E-state index contributed by atoms with van der Waals surface area (Å²) in [5.41, 5.74) is 0.990. The molecular formula is C13H19N3O. The van der Waals surface area contributed by atoms with E-state index in [9.17, 15) is 4.79 Å². The predicted molar refractivity (Wildman–Crippen MR) is 66.7 cm³/mol.